The van der Waals surface area contributed by atoms with E-state index < -0.39 is 0 Å². The van der Waals surface area contributed by atoms with E-state index in [1.54, 1.807) is 0 Å². The van der Waals surface area contributed by atoms with Gasteiger partial charge < -0.3 is 4.74 Å². The maximum absolute atomic E-state index is 12.2. The lowest BCUT2D eigenvalue weighted by Gasteiger charge is -2.31. The minimum Gasteiger partial charge on any atom is -0.376 e. The first-order valence-electron chi connectivity index (χ1n) is 6.68. The van der Waals surface area contributed by atoms with Crippen LogP contribution in [0.4, 0.5) is 0 Å². The molecule has 1 fully saturated rings. The van der Waals surface area contributed by atoms with Gasteiger partial charge in [-0.25, -0.2) is 4.79 Å². The van der Waals surface area contributed by atoms with Crippen LogP contribution in [0.25, 0.3) is 5.00 Å². The molecule has 1 aliphatic heterocycles. The highest BCUT2D eigenvalue weighted by Gasteiger charge is 2.20. The highest BCUT2D eigenvalue weighted by atomic mass is 32.1. The third-order valence-corrected chi connectivity index (χ3v) is 4.21. The molecule has 1 aliphatic rings. The van der Waals surface area contributed by atoms with Crippen molar-refractivity contribution in [2.24, 2.45) is 0 Å². The molecular weight excluding hydrogens is 278 g/mol. The molecule has 108 valence electrons. The average molecular weight is 295 g/mol. The van der Waals surface area contributed by atoms with Crippen LogP contribution in [0.5, 0.6) is 0 Å². The van der Waals surface area contributed by atoms with Crippen molar-refractivity contribution in [3.8, 4) is 5.00 Å². The Morgan fingerprint density at radius 1 is 1.50 bits per heavy atom. The molecule has 7 nitrogen and oxygen atoms in total. The van der Waals surface area contributed by atoms with Crippen molar-refractivity contribution in [2.45, 2.75) is 26.1 Å². The zero-order chi connectivity index (χ0) is 13.9. The number of thiophene rings is 1. The van der Waals surface area contributed by atoms with Crippen molar-refractivity contribution in [2.75, 3.05) is 19.7 Å². The smallest absolute Gasteiger partial charge is 0.370 e. The van der Waals surface area contributed by atoms with Crippen LogP contribution in [0.1, 0.15) is 13.3 Å². The highest BCUT2D eigenvalue weighted by Crippen LogP contribution is 2.11. The van der Waals surface area contributed by atoms with E-state index in [2.05, 4.69) is 22.3 Å². The number of hydrogen-bond donors (Lipinski definition) is 0. The Hall–Kier alpha value is -1.51. The topological polar surface area (TPSA) is 65.2 Å². The molecule has 3 heterocycles. The summed E-state index contributed by atoms with van der Waals surface area (Å²) in [5, 5.41) is 10.6. The van der Waals surface area contributed by atoms with Crippen molar-refractivity contribution in [3.63, 3.8) is 0 Å². The van der Waals surface area contributed by atoms with Gasteiger partial charge in [0.05, 0.1) is 12.7 Å². The Bertz CT molecular complexity index is 606. The summed E-state index contributed by atoms with van der Waals surface area (Å²) < 4.78 is 8.36. The van der Waals surface area contributed by atoms with E-state index in [0.29, 0.717) is 13.3 Å². The molecule has 0 amide bonds. The lowest BCUT2D eigenvalue weighted by molar-refractivity contribution is -0.0416. The molecular formula is C12H17N5O2S. The summed E-state index contributed by atoms with van der Waals surface area (Å²) in [7, 11) is 0. The largest absolute Gasteiger partial charge is 0.376 e. The minimum absolute atomic E-state index is 0.202. The maximum atomic E-state index is 12.2. The first-order chi connectivity index (χ1) is 9.78. The predicted octanol–water partition coefficient (Wildman–Crippen LogP) is 0.559. The van der Waals surface area contributed by atoms with E-state index in [9.17, 15) is 4.79 Å². The monoisotopic (exact) mass is 295 g/mol. The molecule has 0 saturated carbocycles. The number of ether oxygens (including phenoxy) is 1. The van der Waals surface area contributed by atoms with Crippen LogP contribution in [0.2, 0.25) is 0 Å². The van der Waals surface area contributed by atoms with Gasteiger partial charge in [0.25, 0.3) is 0 Å². The highest BCUT2D eigenvalue weighted by molar-refractivity contribution is 7.12. The van der Waals surface area contributed by atoms with Crippen LogP contribution < -0.4 is 5.69 Å². The third-order valence-electron chi connectivity index (χ3n) is 3.37. The van der Waals surface area contributed by atoms with Crippen LogP contribution in [0.3, 0.4) is 0 Å². The second-order valence-corrected chi connectivity index (χ2v) is 5.67. The second kappa shape index (κ2) is 5.86. The molecule has 0 N–H and O–H groups in total. The van der Waals surface area contributed by atoms with Gasteiger partial charge >= 0.3 is 5.69 Å². The first-order valence-corrected chi connectivity index (χ1v) is 7.56. The van der Waals surface area contributed by atoms with Gasteiger partial charge in [-0.1, -0.05) is 6.92 Å². The van der Waals surface area contributed by atoms with Gasteiger partial charge in [-0.2, -0.15) is 9.36 Å². The molecule has 8 heteroatoms. The minimum atomic E-state index is -0.202. The lowest BCUT2D eigenvalue weighted by atomic mass is 10.2. The molecule has 0 spiro atoms. The van der Waals surface area contributed by atoms with E-state index in [0.717, 1.165) is 24.5 Å². The van der Waals surface area contributed by atoms with Crippen LogP contribution in [0, 0.1) is 0 Å². The number of nitrogens with zero attached hydrogens (tertiary/aromatic N) is 5. The average Bonchev–Trinajstić information content (AvgIpc) is 3.10. The summed E-state index contributed by atoms with van der Waals surface area (Å²) in [4.78, 5) is 14.4. The van der Waals surface area contributed by atoms with Gasteiger partial charge in [-0.15, -0.1) is 11.3 Å². The van der Waals surface area contributed by atoms with Crippen molar-refractivity contribution < 1.29 is 4.74 Å². The van der Waals surface area contributed by atoms with Crippen molar-refractivity contribution in [3.05, 3.63) is 28.0 Å². The van der Waals surface area contributed by atoms with Gasteiger partial charge in [0.15, 0.2) is 0 Å². The zero-order valence-electron chi connectivity index (χ0n) is 11.3. The van der Waals surface area contributed by atoms with Gasteiger partial charge in [-0.3, -0.25) is 4.90 Å². The summed E-state index contributed by atoms with van der Waals surface area (Å²) >= 11 is 1.47. The molecule has 2 aromatic heterocycles. The Kier molecular flexibility index (Phi) is 3.95. The van der Waals surface area contributed by atoms with Crippen molar-refractivity contribution in [1.29, 1.82) is 0 Å². The fraction of sp³-hybridized carbons (Fsp3) is 0.583. The van der Waals surface area contributed by atoms with Crippen LogP contribution in [-0.2, 0) is 11.4 Å². The molecule has 0 aromatic carbocycles. The van der Waals surface area contributed by atoms with Crippen LogP contribution in [-0.4, -0.2) is 50.5 Å². The first kappa shape index (κ1) is 13.5. The van der Waals surface area contributed by atoms with Gasteiger partial charge in [0, 0.05) is 13.1 Å². The zero-order valence-corrected chi connectivity index (χ0v) is 12.1. The van der Waals surface area contributed by atoms with E-state index in [-0.39, 0.29) is 11.8 Å². The Labute approximate surface area is 120 Å². The summed E-state index contributed by atoms with van der Waals surface area (Å²) in [5.74, 6) is 0. The van der Waals surface area contributed by atoms with Crippen molar-refractivity contribution >= 4 is 11.3 Å². The molecule has 0 unspecified atom stereocenters. The summed E-state index contributed by atoms with van der Waals surface area (Å²) in [6, 6.07) is 3.74. The van der Waals surface area contributed by atoms with E-state index >= 15 is 0 Å². The van der Waals surface area contributed by atoms with E-state index in [1.165, 1.54) is 20.7 Å². The Morgan fingerprint density at radius 3 is 3.15 bits per heavy atom. The van der Waals surface area contributed by atoms with E-state index in [4.69, 9.17) is 4.74 Å². The molecule has 0 aliphatic carbocycles. The number of tetrazole rings is 1. The Morgan fingerprint density at radius 2 is 2.40 bits per heavy atom. The Balaban J connectivity index is 1.74. The summed E-state index contributed by atoms with van der Waals surface area (Å²) in [6.07, 6.45) is 1.22. The molecule has 1 saturated heterocycles. The van der Waals surface area contributed by atoms with Gasteiger partial charge in [0.1, 0.15) is 11.7 Å². The van der Waals surface area contributed by atoms with Crippen LogP contribution >= 0.6 is 11.3 Å². The number of aromatic nitrogens is 4. The third kappa shape index (κ3) is 2.67. The normalized spacial score (nSPS) is 20.4. The molecule has 0 radical (unpaired) electrons. The van der Waals surface area contributed by atoms with Crippen molar-refractivity contribution in [1.82, 2.24) is 24.7 Å². The van der Waals surface area contributed by atoms with Gasteiger partial charge in [-0.05, 0) is 34.4 Å². The second-order valence-electron chi connectivity index (χ2n) is 4.74. The lowest BCUT2D eigenvalue weighted by Crippen LogP contribution is -2.44. The van der Waals surface area contributed by atoms with Crippen LogP contribution in [0.15, 0.2) is 22.3 Å². The van der Waals surface area contributed by atoms with E-state index in [1.807, 2.05) is 17.5 Å². The molecule has 1 atom stereocenters. The fourth-order valence-electron chi connectivity index (χ4n) is 2.24. The molecule has 0 bridgehead atoms. The molecule has 20 heavy (non-hydrogen) atoms. The summed E-state index contributed by atoms with van der Waals surface area (Å²) in [6.45, 7) is 4.91. The number of hydrogen-bond acceptors (Lipinski definition) is 6. The number of morpholine rings is 1. The quantitative estimate of drug-likeness (QED) is 0.824. The molecule has 3 rings (SSSR count). The number of rotatable bonds is 4. The summed E-state index contributed by atoms with van der Waals surface area (Å²) in [5.41, 5.74) is -0.202. The molecule has 2 aromatic rings. The SMILES string of the molecule is CC[C@H]1CN(Cn2nnn(-c3cccs3)c2=O)CCO1. The van der Waals surface area contributed by atoms with Gasteiger partial charge in [0.2, 0.25) is 0 Å². The maximum Gasteiger partial charge on any atom is 0.370 e. The standard InChI is InChI=1S/C12H17N5O2S/c1-2-10-8-15(5-6-19-10)9-16-12(18)17(14-13-16)11-4-3-7-20-11/h3-4,7,10H,2,5-6,8-9H2,1H3/t10-/m0/s1. The fourth-order valence-corrected chi connectivity index (χ4v) is 2.91. The predicted molar refractivity (Wildman–Crippen MR) is 75.1 cm³/mol.